The van der Waals surface area contributed by atoms with E-state index in [9.17, 15) is 9.59 Å². The van der Waals surface area contributed by atoms with Crippen LogP contribution in [0.2, 0.25) is 0 Å². The predicted octanol–water partition coefficient (Wildman–Crippen LogP) is 3.51. The molecule has 3 heterocycles. The summed E-state index contributed by atoms with van der Waals surface area (Å²) in [7, 11) is 2.18. The first-order valence-corrected chi connectivity index (χ1v) is 10.6. The Hall–Kier alpha value is -3.17. The van der Waals surface area contributed by atoms with E-state index in [4.69, 9.17) is 19.9 Å². The molecule has 0 aliphatic carbocycles. The molecule has 1 aromatic carbocycles. The van der Waals surface area contributed by atoms with Crippen LogP contribution in [-0.2, 0) is 9.59 Å². The highest BCUT2D eigenvalue weighted by molar-refractivity contribution is 7.14. The van der Waals surface area contributed by atoms with E-state index in [2.05, 4.69) is 30.7 Å². The molecule has 4 rings (SSSR count). The molecular weight excluding hydrogens is 418 g/mol. The second-order valence-corrected chi connectivity index (χ2v) is 8.44. The Morgan fingerprint density at radius 3 is 2.29 bits per heavy atom. The van der Waals surface area contributed by atoms with Crippen molar-refractivity contribution in [1.82, 2.24) is 9.80 Å². The normalized spacial score (nSPS) is 15.7. The molecule has 0 amide bonds. The van der Waals surface area contributed by atoms with Gasteiger partial charge >= 0.3 is 11.9 Å². The fourth-order valence-corrected chi connectivity index (χ4v) is 4.23. The summed E-state index contributed by atoms with van der Waals surface area (Å²) in [5.74, 6) is -0.598. The van der Waals surface area contributed by atoms with Gasteiger partial charge in [-0.05, 0) is 38.6 Å². The molecule has 2 aliphatic rings. The number of rotatable bonds is 2. The quantitative estimate of drug-likeness (QED) is 0.685. The highest BCUT2D eigenvalue weighted by atomic mass is 32.1. The van der Waals surface area contributed by atoms with E-state index in [1.165, 1.54) is 16.0 Å². The van der Waals surface area contributed by atoms with Crippen molar-refractivity contribution in [2.45, 2.75) is 13.8 Å². The number of carboxylic acids is 2. The van der Waals surface area contributed by atoms with Crippen LogP contribution in [0.3, 0.4) is 0 Å². The number of nitrogens with zero attached hydrogens (tertiary/aromatic N) is 3. The smallest absolute Gasteiger partial charge is 0.328 e. The zero-order valence-corrected chi connectivity index (χ0v) is 18.5. The number of ether oxygens (including phenoxy) is 1. The third-order valence-electron chi connectivity index (χ3n) is 5.04. The van der Waals surface area contributed by atoms with Crippen LogP contribution in [0.15, 0.2) is 41.4 Å². The largest absolute Gasteiger partial charge is 0.478 e. The molecule has 9 heteroatoms. The van der Waals surface area contributed by atoms with E-state index >= 15 is 0 Å². The van der Waals surface area contributed by atoms with Crippen molar-refractivity contribution in [3.63, 3.8) is 0 Å². The van der Waals surface area contributed by atoms with Crippen LogP contribution >= 0.6 is 11.3 Å². The molecule has 8 nitrogen and oxygen atoms in total. The number of thiophene rings is 1. The molecule has 0 saturated carbocycles. The predicted molar refractivity (Wildman–Crippen MR) is 120 cm³/mol. The van der Waals surface area contributed by atoms with E-state index < -0.39 is 11.9 Å². The Morgan fingerprint density at radius 1 is 1.06 bits per heavy atom. The molecule has 0 bridgehead atoms. The van der Waals surface area contributed by atoms with Gasteiger partial charge in [-0.2, -0.15) is 0 Å². The van der Waals surface area contributed by atoms with Gasteiger partial charge in [0.1, 0.15) is 11.5 Å². The number of piperazine rings is 1. The number of hydrogen-bond donors (Lipinski definition) is 2. The van der Waals surface area contributed by atoms with Gasteiger partial charge in [-0.3, -0.25) is 0 Å². The van der Waals surface area contributed by atoms with Gasteiger partial charge in [0.25, 0.3) is 0 Å². The average Bonchev–Trinajstić information content (AvgIpc) is 2.91. The number of carboxylic acid groups (broad SMARTS) is 2. The second kappa shape index (κ2) is 9.76. The van der Waals surface area contributed by atoms with Crippen LogP contribution in [0.5, 0.6) is 10.8 Å². The van der Waals surface area contributed by atoms with Crippen LogP contribution in [0.4, 0.5) is 5.69 Å². The van der Waals surface area contributed by atoms with E-state index in [0.29, 0.717) is 12.2 Å². The molecule has 0 unspecified atom stereocenters. The summed E-state index contributed by atoms with van der Waals surface area (Å²) in [5.41, 5.74) is 3.38. The minimum absolute atomic E-state index is 0.558. The third-order valence-corrected chi connectivity index (χ3v) is 6.13. The summed E-state index contributed by atoms with van der Waals surface area (Å²) < 4.78 is 6.21. The van der Waals surface area contributed by atoms with Gasteiger partial charge in [0.15, 0.2) is 10.8 Å². The molecule has 31 heavy (non-hydrogen) atoms. The van der Waals surface area contributed by atoms with Gasteiger partial charge in [0, 0.05) is 43.2 Å². The maximum Gasteiger partial charge on any atom is 0.328 e. The molecule has 0 spiro atoms. The number of para-hydroxylation sites is 2. The molecule has 2 N–H and O–H groups in total. The molecule has 0 radical (unpaired) electrons. The van der Waals surface area contributed by atoms with E-state index in [0.717, 1.165) is 48.5 Å². The van der Waals surface area contributed by atoms with Crippen molar-refractivity contribution >= 4 is 34.8 Å². The fraction of sp³-hybridized carbons (Fsp3) is 0.318. The van der Waals surface area contributed by atoms with Crippen molar-refractivity contribution in [1.29, 1.82) is 0 Å². The summed E-state index contributed by atoms with van der Waals surface area (Å²) in [6.07, 6.45) is 1.12. The average molecular weight is 444 g/mol. The lowest BCUT2D eigenvalue weighted by molar-refractivity contribution is -0.134. The monoisotopic (exact) mass is 443 g/mol. The Balaban J connectivity index is 0.000000293. The van der Waals surface area contributed by atoms with Crippen molar-refractivity contribution in [2.75, 3.05) is 33.2 Å². The minimum atomic E-state index is -1.26. The lowest BCUT2D eigenvalue weighted by atomic mass is 10.1. The summed E-state index contributed by atoms with van der Waals surface area (Å²) in [4.78, 5) is 30.2. The second-order valence-electron chi connectivity index (χ2n) is 7.25. The number of likely N-dealkylation sites (N-methyl/N-ethyl adjacent to an activating group) is 1. The number of hydrogen-bond acceptors (Lipinski definition) is 7. The lowest BCUT2D eigenvalue weighted by Crippen LogP contribution is -2.47. The first-order valence-electron chi connectivity index (χ1n) is 9.79. The van der Waals surface area contributed by atoms with Crippen LogP contribution in [0.1, 0.15) is 16.0 Å². The van der Waals surface area contributed by atoms with Gasteiger partial charge in [-0.25, -0.2) is 14.6 Å². The number of aryl methyl sites for hydroxylation is 1. The fourth-order valence-electron chi connectivity index (χ4n) is 3.22. The zero-order chi connectivity index (χ0) is 22.5. The highest BCUT2D eigenvalue weighted by Gasteiger charge is 2.28. The molecule has 0 atom stereocenters. The van der Waals surface area contributed by atoms with Crippen molar-refractivity contribution in [3.8, 4) is 10.8 Å². The first-order chi connectivity index (χ1) is 14.8. The van der Waals surface area contributed by atoms with E-state index in [1.54, 1.807) is 11.3 Å². The Kier molecular flexibility index (Phi) is 7.09. The van der Waals surface area contributed by atoms with Gasteiger partial charge in [0.05, 0.1) is 5.56 Å². The number of fused-ring (bicyclic) bond motifs is 2. The van der Waals surface area contributed by atoms with Crippen molar-refractivity contribution in [3.05, 3.63) is 52.4 Å². The summed E-state index contributed by atoms with van der Waals surface area (Å²) in [6.45, 7) is 8.48. The van der Waals surface area contributed by atoms with Gasteiger partial charge < -0.3 is 24.7 Å². The number of aliphatic carboxylic acids is 2. The zero-order valence-electron chi connectivity index (χ0n) is 17.7. The molecule has 1 fully saturated rings. The highest BCUT2D eigenvalue weighted by Crippen LogP contribution is 2.44. The van der Waals surface area contributed by atoms with Gasteiger partial charge in [0.2, 0.25) is 0 Å². The summed E-state index contributed by atoms with van der Waals surface area (Å²) in [6, 6.07) is 8.05. The van der Waals surface area contributed by atoms with Crippen molar-refractivity contribution < 1.29 is 24.5 Å². The number of carbonyl (C=O) groups is 2. The maximum atomic E-state index is 9.55. The van der Waals surface area contributed by atoms with Crippen LogP contribution < -0.4 is 4.74 Å². The molecule has 2 aromatic rings. The molecule has 2 aliphatic heterocycles. The van der Waals surface area contributed by atoms with Crippen molar-refractivity contribution in [2.24, 2.45) is 4.99 Å². The van der Waals surface area contributed by atoms with Gasteiger partial charge in [-0.15, -0.1) is 11.3 Å². The Bertz CT molecular complexity index is 1020. The lowest BCUT2D eigenvalue weighted by Gasteiger charge is -2.34. The number of aliphatic imine (C=N–C) groups is 1. The van der Waals surface area contributed by atoms with Crippen LogP contribution in [0.25, 0.3) is 0 Å². The van der Waals surface area contributed by atoms with E-state index in [-0.39, 0.29) is 0 Å². The molecule has 1 aromatic heterocycles. The summed E-state index contributed by atoms with van der Waals surface area (Å²) in [5, 5.41) is 16.6. The minimum Gasteiger partial charge on any atom is -0.478 e. The third kappa shape index (κ3) is 5.50. The number of amidine groups is 1. The maximum absolute atomic E-state index is 9.55. The SMILES string of the molecule is Cc1sc2c(c1C)C(N1CCN(C)CC1)=Nc1ccccc1O2.O=C(O)/C=C/C(=O)O. The van der Waals surface area contributed by atoms with Crippen LogP contribution in [0, 0.1) is 13.8 Å². The van der Waals surface area contributed by atoms with Gasteiger partial charge in [-0.1, -0.05) is 12.1 Å². The summed E-state index contributed by atoms with van der Waals surface area (Å²) >= 11 is 1.72. The Morgan fingerprint density at radius 2 is 1.68 bits per heavy atom. The number of benzene rings is 1. The van der Waals surface area contributed by atoms with Crippen LogP contribution in [-0.4, -0.2) is 71.0 Å². The molecule has 164 valence electrons. The Labute approximate surface area is 184 Å². The van der Waals surface area contributed by atoms with E-state index in [1.807, 2.05) is 24.3 Å². The first kappa shape index (κ1) is 22.5. The molecule has 1 saturated heterocycles. The topological polar surface area (TPSA) is 103 Å². The standard InChI is InChI=1S/C18H21N3OS.C4H4O4/c1-12-13(2)23-18-16(12)17(21-10-8-20(3)9-11-21)19-14-6-4-5-7-15(14)22-18;5-3(6)1-2-4(7)8/h4-7H,8-11H2,1-3H3;1-2H,(H,5,6)(H,7,8)/b;2-1+. The molecular formula is C22H25N3O5S.